The molecule has 0 aliphatic rings. The molecule has 1 N–H and O–H groups in total. The van der Waals surface area contributed by atoms with Gasteiger partial charge in [-0.05, 0) is 18.1 Å². The summed E-state index contributed by atoms with van der Waals surface area (Å²) in [5.74, 6) is 2.67. The molecule has 0 saturated carbocycles. The third-order valence-electron chi connectivity index (χ3n) is 3.83. The summed E-state index contributed by atoms with van der Waals surface area (Å²) >= 11 is 0. The van der Waals surface area contributed by atoms with Crippen LogP contribution in [0.15, 0.2) is 0 Å². The van der Waals surface area contributed by atoms with Crippen molar-refractivity contribution in [3.8, 4) is 12.3 Å². The minimum atomic E-state index is -1.84. The Morgan fingerprint density at radius 3 is 2.00 bits per heavy atom. The van der Waals surface area contributed by atoms with Crippen molar-refractivity contribution in [2.45, 2.75) is 65.3 Å². The van der Waals surface area contributed by atoms with Gasteiger partial charge in [-0.2, -0.15) is 0 Å². The van der Waals surface area contributed by atoms with Gasteiger partial charge in [0.15, 0.2) is 8.32 Å². The van der Waals surface area contributed by atoms with Crippen LogP contribution in [-0.2, 0) is 4.43 Å². The van der Waals surface area contributed by atoms with Crippen LogP contribution in [0.25, 0.3) is 0 Å². The van der Waals surface area contributed by atoms with Crippen LogP contribution in [0, 0.1) is 17.8 Å². The number of rotatable bonds is 5. The normalized spacial score (nSPS) is 15.5. The quantitative estimate of drug-likeness (QED) is 0.603. The summed E-state index contributed by atoms with van der Waals surface area (Å²) in [4.78, 5) is 0. The summed E-state index contributed by atoms with van der Waals surface area (Å²) in [5.41, 5.74) is -0.290. The topological polar surface area (TPSA) is 29.5 Å². The number of aliphatic hydroxyl groups is 1. The summed E-state index contributed by atoms with van der Waals surface area (Å²) < 4.78 is 6.33. The molecule has 0 amide bonds. The predicted octanol–water partition coefficient (Wildman–Crippen LogP) is 3.42. The Kier molecular flexibility index (Phi) is 5.46. The standard InChI is InChI=1S/C14H28O2Si/c1-9-10-12(14(5,6)11-15)16-17(7,8)13(2,3)4/h1,12,15H,10-11H2,2-8H3. The van der Waals surface area contributed by atoms with Crippen molar-refractivity contribution in [2.24, 2.45) is 5.41 Å². The highest BCUT2D eigenvalue weighted by molar-refractivity contribution is 6.74. The lowest BCUT2D eigenvalue weighted by Crippen LogP contribution is -2.48. The van der Waals surface area contributed by atoms with Gasteiger partial charge < -0.3 is 9.53 Å². The molecule has 0 aliphatic carbocycles. The molecule has 0 aromatic carbocycles. The van der Waals surface area contributed by atoms with Gasteiger partial charge in [-0.25, -0.2) is 0 Å². The van der Waals surface area contributed by atoms with Crippen molar-refractivity contribution in [3.05, 3.63) is 0 Å². The largest absolute Gasteiger partial charge is 0.412 e. The van der Waals surface area contributed by atoms with Gasteiger partial charge in [-0.1, -0.05) is 34.6 Å². The third kappa shape index (κ3) is 4.46. The van der Waals surface area contributed by atoms with E-state index in [1.165, 1.54) is 0 Å². The summed E-state index contributed by atoms with van der Waals surface area (Å²) in [5, 5.41) is 9.62. The Balaban J connectivity index is 4.97. The number of hydrogen-bond donors (Lipinski definition) is 1. The zero-order valence-corrected chi connectivity index (χ0v) is 13.4. The Labute approximate surface area is 108 Å². The fourth-order valence-corrected chi connectivity index (χ4v) is 2.69. The molecule has 0 spiro atoms. The summed E-state index contributed by atoms with van der Waals surface area (Å²) in [7, 11) is -1.84. The molecule has 0 rings (SSSR count). The summed E-state index contributed by atoms with van der Waals surface area (Å²) in [6.45, 7) is 15.1. The van der Waals surface area contributed by atoms with Gasteiger partial charge in [-0.15, -0.1) is 12.3 Å². The molecule has 3 heteroatoms. The highest BCUT2D eigenvalue weighted by Gasteiger charge is 2.42. The lowest BCUT2D eigenvalue weighted by molar-refractivity contribution is 0.0195. The van der Waals surface area contributed by atoms with E-state index < -0.39 is 8.32 Å². The van der Waals surface area contributed by atoms with Crippen molar-refractivity contribution in [1.82, 2.24) is 0 Å². The highest BCUT2D eigenvalue weighted by Crippen LogP contribution is 2.40. The highest BCUT2D eigenvalue weighted by atomic mass is 28.4. The second kappa shape index (κ2) is 5.56. The van der Waals surface area contributed by atoms with Gasteiger partial charge in [0.2, 0.25) is 0 Å². The van der Waals surface area contributed by atoms with Crippen molar-refractivity contribution in [1.29, 1.82) is 0 Å². The van der Waals surface area contributed by atoms with Crippen LogP contribution in [0.5, 0.6) is 0 Å². The van der Waals surface area contributed by atoms with E-state index in [4.69, 9.17) is 10.8 Å². The SMILES string of the molecule is C#CCC(O[Si](C)(C)C(C)(C)C)C(C)(C)CO. The Morgan fingerprint density at radius 1 is 1.24 bits per heavy atom. The maximum Gasteiger partial charge on any atom is 0.192 e. The molecule has 1 atom stereocenters. The molecule has 0 heterocycles. The second-order valence-electron chi connectivity index (χ2n) is 6.92. The molecule has 2 nitrogen and oxygen atoms in total. The minimum Gasteiger partial charge on any atom is -0.412 e. The monoisotopic (exact) mass is 256 g/mol. The molecular formula is C14H28O2Si. The average Bonchev–Trinajstić information content (AvgIpc) is 2.15. The first-order valence-electron chi connectivity index (χ1n) is 6.20. The predicted molar refractivity (Wildman–Crippen MR) is 76.4 cm³/mol. The molecule has 0 aromatic heterocycles. The van der Waals surface area contributed by atoms with E-state index in [-0.39, 0.29) is 23.2 Å². The Bertz CT molecular complexity index is 282. The second-order valence-corrected chi connectivity index (χ2v) is 11.7. The van der Waals surface area contributed by atoms with Crippen molar-refractivity contribution in [3.63, 3.8) is 0 Å². The Morgan fingerprint density at radius 2 is 1.71 bits per heavy atom. The lowest BCUT2D eigenvalue weighted by Gasteiger charge is -2.43. The maximum atomic E-state index is 9.46. The van der Waals surface area contributed by atoms with Crippen LogP contribution in [0.1, 0.15) is 41.0 Å². The van der Waals surface area contributed by atoms with Crippen LogP contribution >= 0.6 is 0 Å². The fourth-order valence-electron chi connectivity index (χ4n) is 1.22. The first-order chi connectivity index (χ1) is 7.48. The van der Waals surface area contributed by atoms with E-state index in [1.54, 1.807) is 0 Å². The molecule has 0 bridgehead atoms. The van der Waals surface area contributed by atoms with Crippen LogP contribution in [0.2, 0.25) is 18.1 Å². The smallest absolute Gasteiger partial charge is 0.192 e. The third-order valence-corrected chi connectivity index (χ3v) is 8.31. The zero-order chi connectivity index (χ0) is 13.9. The molecule has 0 aromatic rings. The molecule has 100 valence electrons. The molecule has 0 saturated heterocycles. The molecule has 1 unspecified atom stereocenters. The Hall–Kier alpha value is -0.303. The van der Waals surface area contributed by atoms with Crippen LogP contribution in [-0.4, -0.2) is 26.1 Å². The van der Waals surface area contributed by atoms with E-state index >= 15 is 0 Å². The van der Waals surface area contributed by atoms with E-state index in [2.05, 4.69) is 39.8 Å². The molecular weight excluding hydrogens is 228 g/mol. The molecule has 0 fully saturated rings. The van der Waals surface area contributed by atoms with Crippen molar-refractivity contribution in [2.75, 3.05) is 6.61 Å². The average molecular weight is 256 g/mol. The minimum absolute atomic E-state index is 0.0709. The number of terminal acetylenes is 1. The van der Waals surface area contributed by atoms with Crippen molar-refractivity contribution < 1.29 is 9.53 Å². The first-order valence-corrected chi connectivity index (χ1v) is 9.11. The van der Waals surface area contributed by atoms with E-state index in [0.29, 0.717) is 6.42 Å². The van der Waals surface area contributed by atoms with Crippen LogP contribution < -0.4 is 0 Å². The number of hydrogen-bond acceptors (Lipinski definition) is 2. The van der Waals surface area contributed by atoms with Gasteiger partial charge in [0.05, 0.1) is 12.7 Å². The van der Waals surface area contributed by atoms with Gasteiger partial charge in [-0.3, -0.25) is 0 Å². The lowest BCUT2D eigenvalue weighted by atomic mass is 9.86. The number of aliphatic hydroxyl groups excluding tert-OH is 1. The molecule has 0 aliphatic heterocycles. The van der Waals surface area contributed by atoms with E-state index in [9.17, 15) is 5.11 Å². The van der Waals surface area contributed by atoms with E-state index in [1.807, 2.05) is 13.8 Å². The maximum absolute atomic E-state index is 9.46. The van der Waals surface area contributed by atoms with E-state index in [0.717, 1.165) is 0 Å². The molecule has 17 heavy (non-hydrogen) atoms. The summed E-state index contributed by atoms with van der Waals surface area (Å²) in [6, 6.07) is 0. The first kappa shape index (κ1) is 16.7. The van der Waals surface area contributed by atoms with Crippen LogP contribution in [0.3, 0.4) is 0 Å². The van der Waals surface area contributed by atoms with Gasteiger partial charge in [0, 0.05) is 11.8 Å². The fraction of sp³-hybridized carbons (Fsp3) is 0.857. The van der Waals surface area contributed by atoms with Crippen LogP contribution in [0.4, 0.5) is 0 Å². The van der Waals surface area contributed by atoms with Gasteiger partial charge in [0.25, 0.3) is 0 Å². The zero-order valence-electron chi connectivity index (χ0n) is 12.4. The molecule has 0 radical (unpaired) electrons. The summed E-state index contributed by atoms with van der Waals surface area (Å²) in [6.07, 6.45) is 5.90. The van der Waals surface area contributed by atoms with Gasteiger partial charge in [0.1, 0.15) is 0 Å². The van der Waals surface area contributed by atoms with Gasteiger partial charge >= 0.3 is 0 Å². The van der Waals surface area contributed by atoms with Crippen molar-refractivity contribution >= 4 is 8.32 Å².